The van der Waals surface area contributed by atoms with E-state index in [9.17, 15) is 4.79 Å². The van der Waals surface area contributed by atoms with Crippen LogP contribution in [0.15, 0.2) is 18.2 Å². The molecule has 0 aromatic heterocycles. The summed E-state index contributed by atoms with van der Waals surface area (Å²) in [5.41, 5.74) is 3.46. The highest BCUT2D eigenvalue weighted by Crippen LogP contribution is 2.34. The summed E-state index contributed by atoms with van der Waals surface area (Å²) in [6.07, 6.45) is 3.60. The first kappa shape index (κ1) is 14.4. The molecular formula is C16H22ClNO. The average molecular weight is 280 g/mol. The minimum absolute atomic E-state index is 0.0724. The molecule has 0 aliphatic carbocycles. The number of hydrogen-bond acceptors (Lipinski definition) is 1. The van der Waals surface area contributed by atoms with Gasteiger partial charge in [0.05, 0.1) is 5.38 Å². The molecular weight excluding hydrogens is 258 g/mol. The van der Waals surface area contributed by atoms with E-state index in [-0.39, 0.29) is 11.3 Å². The van der Waals surface area contributed by atoms with Crippen molar-refractivity contribution in [3.05, 3.63) is 29.3 Å². The van der Waals surface area contributed by atoms with Gasteiger partial charge in [-0.25, -0.2) is 0 Å². The SMILES string of the molecule is CCC(C)CC(Cl)c1ccc2c(c1)CCC(=O)N2C. The van der Waals surface area contributed by atoms with Gasteiger partial charge < -0.3 is 4.90 Å². The monoisotopic (exact) mass is 279 g/mol. The van der Waals surface area contributed by atoms with Crippen LogP contribution in [-0.2, 0) is 11.2 Å². The summed E-state index contributed by atoms with van der Waals surface area (Å²) in [6, 6.07) is 6.28. The third-order valence-electron chi connectivity index (χ3n) is 4.12. The molecule has 1 aliphatic heterocycles. The number of hydrogen-bond donors (Lipinski definition) is 0. The molecule has 0 bridgehead atoms. The number of carbonyl (C=O) groups excluding carboxylic acids is 1. The Balaban J connectivity index is 2.19. The van der Waals surface area contributed by atoms with Crippen molar-refractivity contribution in [3.8, 4) is 0 Å². The van der Waals surface area contributed by atoms with E-state index in [4.69, 9.17) is 11.6 Å². The third kappa shape index (κ3) is 3.11. The van der Waals surface area contributed by atoms with Crippen LogP contribution in [0.25, 0.3) is 0 Å². The molecule has 0 saturated carbocycles. The van der Waals surface area contributed by atoms with Gasteiger partial charge in [-0.05, 0) is 36.0 Å². The van der Waals surface area contributed by atoms with E-state index in [2.05, 4.69) is 26.0 Å². The Labute approximate surface area is 120 Å². The van der Waals surface area contributed by atoms with Crippen LogP contribution in [0, 0.1) is 5.92 Å². The number of fused-ring (bicyclic) bond motifs is 1. The van der Waals surface area contributed by atoms with Crippen LogP contribution in [0.3, 0.4) is 0 Å². The van der Waals surface area contributed by atoms with Crippen LogP contribution in [0.1, 0.15) is 49.6 Å². The van der Waals surface area contributed by atoms with Crippen LogP contribution in [0.4, 0.5) is 5.69 Å². The number of alkyl halides is 1. The Morgan fingerprint density at radius 3 is 2.79 bits per heavy atom. The zero-order valence-electron chi connectivity index (χ0n) is 11.9. The first-order chi connectivity index (χ1) is 9.02. The Morgan fingerprint density at radius 2 is 2.11 bits per heavy atom. The lowest BCUT2D eigenvalue weighted by molar-refractivity contribution is -0.118. The lowest BCUT2D eigenvalue weighted by Crippen LogP contribution is -2.31. The number of anilines is 1. The van der Waals surface area contributed by atoms with E-state index in [1.807, 2.05) is 13.1 Å². The van der Waals surface area contributed by atoms with Gasteiger partial charge in [0.15, 0.2) is 0 Å². The summed E-state index contributed by atoms with van der Waals surface area (Å²) < 4.78 is 0. The molecule has 104 valence electrons. The second kappa shape index (κ2) is 5.96. The third-order valence-corrected chi connectivity index (χ3v) is 4.55. The molecule has 3 heteroatoms. The molecule has 2 rings (SSSR count). The summed E-state index contributed by atoms with van der Waals surface area (Å²) >= 11 is 6.51. The van der Waals surface area contributed by atoms with Gasteiger partial charge in [-0.2, -0.15) is 0 Å². The Hall–Kier alpha value is -1.02. The molecule has 0 fully saturated rings. The van der Waals surface area contributed by atoms with Gasteiger partial charge >= 0.3 is 0 Å². The average Bonchev–Trinajstić information content (AvgIpc) is 2.42. The van der Waals surface area contributed by atoms with Crippen molar-refractivity contribution in [1.29, 1.82) is 0 Å². The molecule has 19 heavy (non-hydrogen) atoms. The molecule has 2 nitrogen and oxygen atoms in total. The maximum atomic E-state index is 11.7. The number of benzene rings is 1. The van der Waals surface area contributed by atoms with Gasteiger partial charge in [-0.3, -0.25) is 4.79 Å². The summed E-state index contributed by atoms with van der Waals surface area (Å²) in [6.45, 7) is 4.43. The predicted octanol–water partition coefficient (Wildman–Crippen LogP) is 4.31. The number of nitrogens with zero attached hydrogens (tertiary/aromatic N) is 1. The Kier molecular flexibility index (Phi) is 4.51. The molecule has 2 unspecified atom stereocenters. The second-order valence-electron chi connectivity index (χ2n) is 5.56. The molecule has 1 aromatic rings. The largest absolute Gasteiger partial charge is 0.315 e. The lowest BCUT2D eigenvalue weighted by Gasteiger charge is -2.27. The Bertz CT molecular complexity index is 472. The van der Waals surface area contributed by atoms with Crippen LogP contribution in [0.5, 0.6) is 0 Å². The normalized spacial score (nSPS) is 18.1. The molecule has 2 atom stereocenters. The minimum atomic E-state index is 0.0724. The number of carbonyl (C=O) groups is 1. The second-order valence-corrected chi connectivity index (χ2v) is 6.08. The zero-order chi connectivity index (χ0) is 14.0. The van der Waals surface area contributed by atoms with E-state index in [0.717, 1.165) is 24.9 Å². The van der Waals surface area contributed by atoms with E-state index >= 15 is 0 Å². The number of aryl methyl sites for hydroxylation is 1. The maximum Gasteiger partial charge on any atom is 0.227 e. The quantitative estimate of drug-likeness (QED) is 0.752. The van der Waals surface area contributed by atoms with E-state index < -0.39 is 0 Å². The van der Waals surface area contributed by atoms with Gasteiger partial charge in [0, 0.05) is 19.2 Å². The molecule has 1 aromatic carbocycles. The lowest BCUT2D eigenvalue weighted by atomic mass is 9.94. The maximum absolute atomic E-state index is 11.7. The van der Waals surface area contributed by atoms with Gasteiger partial charge in [0.1, 0.15) is 0 Å². The number of halogens is 1. The number of amides is 1. The van der Waals surface area contributed by atoms with Crippen LogP contribution < -0.4 is 4.90 Å². The molecule has 0 saturated heterocycles. The molecule has 0 N–H and O–H groups in total. The van der Waals surface area contributed by atoms with Gasteiger partial charge in [-0.1, -0.05) is 32.4 Å². The van der Waals surface area contributed by atoms with Crippen molar-refractivity contribution in [2.45, 2.75) is 44.9 Å². The molecule has 1 heterocycles. The summed E-state index contributed by atoms with van der Waals surface area (Å²) in [4.78, 5) is 13.4. The van der Waals surface area contributed by atoms with Crippen LogP contribution >= 0.6 is 11.6 Å². The van der Waals surface area contributed by atoms with E-state index in [0.29, 0.717) is 12.3 Å². The fourth-order valence-corrected chi connectivity index (χ4v) is 2.97. The van der Waals surface area contributed by atoms with Gasteiger partial charge in [-0.15, -0.1) is 11.6 Å². The fourth-order valence-electron chi connectivity index (χ4n) is 2.53. The minimum Gasteiger partial charge on any atom is -0.315 e. The van der Waals surface area contributed by atoms with Crippen LogP contribution in [-0.4, -0.2) is 13.0 Å². The zero-order valence-corrected chi connectivity index (χ0v) is 12.7. The summed E-state index contributed by atoms with van der Waals surface area (Å²) in [5.74, 6) is 0.838. The summed E-state index contributed by atoms with van der Waals surface area (Å²) in [5, 5.41) is 0.0724. The number of rotatable bonds is 4. The summed E-state index contributed by atoms with van der Waals surface area (Å²) in [7, 11) is 1.84. The van der Waals surface area contributed by atoms with Crippen molar-refractivity contribution in [2.75, 3.05) is 11.9 Å². The van der Waals surface area contributed by atoms with Crippen molar-refractivity contribution in [1.82, 2.24) is 0 Å². The molecule has 1 amide bonds. The van der Waals surface area contributed by atoms with E-state index in [1.54, 1.807) is 4.90 Å². The van der Waals surface area contributed by atoms with Gasteiger partial charge in [0.25, 0.3) is 0 Å². The van der Waals surface area contributed by atoms with Crippen molar-refractivity contribution in [3.63, 3.8) is 0 Å². The topological polar surface area (TPSA) is 20.3 Å². The van der Waals surface area contributed by atoms with E-state index in [1.165, 1.54) is 11.1 Å². The first-order valence-electron chi connectivity index (χ1n) is 7.06. The fraction of sp³-hybridized carbons (Fsp3) is 0.562. The van der Waals surface area contributed by atoms with Crippen molar-refractivity contribution in [2.24, 2.45) is 5.92 Å². The molecule has 0 spiro atoms. The van der Waals surface area contributed by atoms with Crippen LogP contribution in [0.2, 0.25) is 0 Å². The highest BCUT2D eigenvalue weighted by molar-refractivity contribution is 6.20. The van der Waals surface area contributed by atoms with Crippen molar-refractivity contribution < 1.29 is 4.79 Å². The molecule has 0 radical (unpaired) electrons. The standard InChI is InChI=1S/C16H22ClNO/c1-4-11(2)9-14(17)12-5-7-15-13(10-12)6-8-16(19)18(15)3/h5,7,10-11,14H,4,6,8-9H2,1-3H3. The smallest absolute Gasteiger partial charge is 0.227 e. The van der Waals surface area contributed by atoms with Gasteiger partial charge in [0.2, 0.25) is 5.91 Å². The highest BCUT2D eigenvalue weighted by Gasteiger charge is 2.22. The predicted molar refractivity (Wildman–Crippen MR) is 80.8 cm³/mol. The molecule has 1 aliphatic rings. The van der Waals surface area contributed by atoms with Crippen molar-refractivity contribution >= 4 is 23.2 Å². The Morgan fingerprint density at radius 1 is 1.37 bits per heavy atom. The first-order valence-corrected chi connectivity index (χ1v) is 7.50. The highest BCUT2D eigenvalue weighted by atomic mass is 35.5.